The average Bonchev–Trinajstić information content (AvgIpc) is 3.47. The van der Waals surface area contributed by atoms with E-state index in [9.17, 15) is 19.0 Å². The Morgan fingerprint density at radius 2 is 0.771 bits per heavy atom. The molecule has 10 heteroatoms. The molecule has 0 bridgehead atoms. The van der Waals surface area contributed by atoms with Gasteiger partial charge < -0.3 is 28.5 Å². The number of carbonyl (C=O) groups excluding carboxylic acids is 2. The molecule has 0 aromatic heterocycles. The molecule has 0 aliphatic heterocycles. The number of hydrogen-bond acceptors (Lipinski definition) is 7. The first-order chi connectivity index (χ1) is 40.4. The van der Waals surface area contributed by atoms with Crippen LogP contribution in [0.4, 0.5) is 0 Å². The first kappa shape index (κ1) is 80.5. The molecule has 0 aliphatic carbocycles. The minimum atomic E-state index is -4.71. The van der Waals surface area contributed by atoms with Crippen molar-refractivity contribution < 1.29 is 37.3 Å². The Morgan fingerprint density at radius 3 is 1.16 bits per heavy atom. The van der Waals surface area contributed by atoms with E-state index in [1.807, 2.05) is 33.3 Å². The number of allylic oxidation sites excluding steroid dienone is 11. The summed E-state index contributed by atoms with van der Waals surface area (Å²) in [7, 11) is 1.18. The van der Waals surface area contributed by atoms with Crippen LogP contribution in [0.3, 0.4) is 0 Å². The van der Waals surface area contributed by atoms with Crippen molar-refractivity contribution in [1.82, 2.24) is 5.32 Å². The summed E-state index contributed by atoms with van der Waals surface area (Å²) in [4.78, 5) is 40.2. The zero-order chi connectivity index (χ0) is 60.7. The number of nitrogens with zero attached hydrogens (tertiary/aromatic N) is 1. The van der Waals surface area contributed by atoms with Gasteiger partial charge in [-0.2, -0.15) is 0 Å². The van der Waals surface area contributed by atoms with Gasteiger partial charge in [0.15, 0.2) is 0 Å². The molecule has 0 aromatic rings. The largest absolute Gasteiger partial charge is 0.756 e. The molecule has 0 aromatic carbocycles. The molecule has 3 unspecified atom stereocenters. The van der Waals surface area contributed by atoms with E-state index in [2.05, 4.69) is 86.8 Å². The Hall–Kier alpha value is -2.55. The average molecular weight is 1180 g/mol. The zero-order valence-electron chi connectivity index (χ0n) is 55.4. The highest BCUT2D eigenvalue weighted by molar-refractivity contribution is 7.45. The highest BCUT2D eigenvalue weighted by Gasteiger charge is 2.27. The van der Waals surface area contributed by atoms with Gasteiger partial charge in [-0.3, -0.25) is 14.2 Å². The Bertz CT molecular complexity index is 1650. The molecule has 1 amide bonds. The van der Waals surface area contributed by atoms with Gasteiger partial charge in [0.1, 0.15) is 19.3 Å². The first-order valence-electron chi connectivity index (χ1n) is 35.2. The van der Waals surface area contributed by atoms with E-state index < -0.39 is 26.6 Å². The lowest BCUT2D eigenvalue weighted by atomic mass is 10.0. The van der Waals surface area contributed by atoms with E-state index >= 15 is 0 Å². The van der Waals surface area contributed by atoms with Gasteiger partial charge in [-0.15, -0.1) is 0 Å². The highest BCUT2D eigenvalue weighted by atomic mass is 31.2. The van der Waals surface area contributed by atoms with Crippen molar-refractivity contribution in [2.24, 2.45) is 0 Å². The molecule has 0 radical (unpaired) electrons. The molecule has 0 aliphatic rings. The van der Waals surface area contributed by atoms with E-state index in [1.54, 1.807) is 0 Å². The number of unbranched alkanes of at least 4 members (excludes halogenated alkanes) is 38. The first-order valence-corrected chi connectivity index (χ1v) is 36.7. The van der Waals surface area contributed by atoms with Crippen molar-refractivity contribution in [2.75, 3.05) is 40.9 Å². The van der Waals surface area contributed by atoms with Crippen LogP contribution in [0.5, 0.6) is 0 Å². The predicted molar refractivity (Wildman–Crippen MR) is 358 cm³/mol. The third kappa shape index (κ3) is 63.8. The number of hydrogen-bond donors (Lipinski definition) is 1. The minimum absolute atomic E-state index is 0.0263. The lowest BCUT2D eigenvalue weighted by molar-refractivity contribution is -0.870. The molecule has 0 heterocycles. The standard InChI is InChI=1S/C73H135N2O7P/c1-7-10-13-16-19-22-25-28-30-32-34-36-37-39-40-42-44-47-50-53-56-59-62-65-72(76)74-70(69-81-83(78,79)80-68-67-75(4,5)6)71(64-61-58-55-52-49-46-27-24-21-18-15-12-9-3)82-73(77)66-63-60-57-54-51-48-45-43-41-38-35-33-31-29-26-23-20-17-14-11-8-2/h11,14,20,23,29,31,35,38,43,45,61,64,70-71H,7-10,12-13,15-19,21-22,24-28,30,32-34,36-37,39-42,44,46-60,62-63,65-69H2,1-6H3,(H-,74,76,78,79)/b14-11-,23-20-,31-29-,38-35-,45-43-,64-61+. The van der Waals surface area contributed by atoms with Crippen molar-refractivity contribution in [1.29, 1.82) is 0 Å². The molecule has 3 atom stereocenters. The van der Waals surface area contributed by atoms with Gasteiger partial charge in [-0.05, 0) is 76.7 Å². The topological polar surface area (TPSA) is 114 Å². The molecule has 484 valence electrons. The molecular formula is C73H135N2O7P. The van der Waals surface area contributed by atoms with Gasteiger partial charge in [-0.25, -0.2) is 0 Å². The SMILES string of the molecule is CC/C=C\C/C=C\C/C=C\C/C=C\C/C=C\CCCCCCCC(=O)OC(/C=C/CCCCCCCCCCCCC)C(COP(=O)([O-])OCC[N+](C)(C)C)NC(=O)CCCCCCCCCCCCCCCCCCCCCCCCC. The summed E-state index contributed by atoms with van der Waals surface area (Å²) < 4.78 is 30.4. The van der Waals surface area contributed by atoms with Crippen LogP contribution < -0.4 is 10.2 Å². The minimum Gasteiger partial charge on any atom is -0.756 e. The van der Waals surface area contributed by atoms with E-state index in [0.717, 1.165) is 103 Å². The van der Waals surface area contributed by atoms with Gasteiger partial charge >= 0.3 is 5.97 Å². The van der Waals surface area contributed by atoms with Crippen molar-refractivity contribution >= 4 is 19.7 Å². The second-order valence-electron chi connectivity index (χ2n) is 25.0. The van der Waals surface area contributed by atoms with Gasteiger partial charge in [-0.1, -0.05) is 312 Å². The van der Waals surface area contributed by atoms with Crippen LogP contribution in [0.1, 0.15) is 329 Å². The molecule has 0 saturated heterocycles. The molecule has 0 saturated carbocycles. The van der Waals surface area contributed by atoms with E-state index in [0.29, 0.717) is 23.9 Å². The molecule has 83 heavy (non-hydrogen) atoms. The fraction of sp³-hybridized carbons (Fsp3) is 0.808. The Morgan fingerprint density at radius 1 is 0.434 bits per heavy atom. The fourth-order valence-electron chi connectivity index (χ4n) is 10.3. The number of likely N-dealkylation sites (N-methyl/N-ethyl adjacent to an activating group) is 1. The van der Waals surface area contributed by atoms with E-state index in [4.69, 9.17) is 13.8 Å². The third-order valence-electron chi connectivity index (χ3n) is 15.7. The van der Waals surface area contributed by atoms with Crippen LogP contribution in [0.15, 0.2) is 72.9 Å². The number of nitrogens with one attached hydrogen (secondary N) is 1. The lowest BCUT2D eigenvalue weighted by Crippen LogP contribution is -2.47. The molecule has 0 fully saturated rings. The van der Waals surface area contributed by atoms with Gasteiger partial charge in [0.25, 0.3) is 7.82 Å². The van der Waals surface area contributed by atoms with Crippen LogP contribution >= 0.6 is 7.82 Å². The second-order valence-corrected chi connectivity index (χ2v) is 26.4. The number of amides is 1. The van der Waals surface area contributed by atoms with Gasteiger partial charge in [0.05, 0.1) is 33.8 Å². The summed E-state index contributed by atoms with van der Waals surface area (Å²) in [5.41, 5.74) is 0. The van der Waals surface area contributed by atoms with Crippen LogP contribution in [0.2, 0.25) is 0 Å². The number of ether oxygens (including phenoxy) is 1. The number of esters is 1. The summed E-state index contributed by atoms with van der Waals surface area (Å²) in [5, 5.41) is 3.04. The van der Waals surface area contributed by atoms with Crippen molar-refractivity contribution in [3.05, 3.63) is 72.9 Å². The number of phosphoric ester groups is 1. The smallest absolute Gasteiger partial charge is 0.306 e. The van der Waals surface area contributed by atoms with Crippen molar-refractivity contribution in [2.45, 2.75) is 341 Å². The molecule has 1 N–H and O–H groups in total. The fourth-order valence-corrected chi connectivity index (χ4v) is 11.0. The highest BCUT2D eigenvalue weighted by Crippen LogP contribution is 2.38. The maximum atomic E-state index is 13.6. The predicted octanol–water partition coefficient (Wildman–Crippen LogP) is 21.7. The molecule has 0 rings (SSSR count). The number of carbonyl (C=O) groups is 2. The Balaban J connectivity index is 5.15. The third-order valence-corrected chi connectivity index (χ3v) is 16.6. The van der Waals surface area contributed by atoms with E-state index in [1.165, 1.54) is 186 Å². The van der Waals surface area contributed by atoms with E-state index in [-0.39, 0.29) is 24.9 Å². The van der Waals surface area contributed by atoms with Crippen molar-refractivity contribution in [3.8, 4) is 0 Å². The van der Waals surface area contributed by atoms with Gasteiger partial charge in [0, 0.05) is 12.8 Å². The normalized spacial score (nSPS) is 14.0. The number of rotatable bonds is 64. The summed E-state index contributed by atoms with van der Waals surface area (Å²) in [6.45, 7) is 6.76. The molecule has 0 spiro atoms. The summed E-state index contributed by atoms with van der Waals surface area (Å²) in [5.74, 6) is -0.551. The molecular weight excluding hydrogens is 1050 g/mol. The maximum Gasteiger partial charge on any atom is 0.306 e. The second kappa shape index (κ2) is 62.5. The number of phosphoric acid groups is 1. The van der Waals surface area contributed by atoms with Crippen molar-refractivity contribution in [3.63, 3.8) is 0 Å². The Kier molecular flexibility index (Phi) is 60.6. The molecule has 9 nitrogen and oxygen atoms in total. The van der Waals surface area contributed by atoms with Crippen LogP contribution in [-0.4, -0.2) is 69.4 Å². The quantitative estimate of drug-likeness (QED) is 0.0212. The summed E-state index contributed by atoms with van der Waals surface area (Å²) in [6, 6.07) is -0.898. The number of quaternary nitrogens is 1. The Labute approximate surface area is 514 Å². The monoisotopic (exact) mass is 1180 g/mol. The van der Waals surface area contributed by atoms with Gasteiger partial charge in [0.2, 0.25) is 5.91 Å². The zero-order valence-corrected chi connectivity index (χ0v) is 56.3. The maximum absolute atomic E-state index is 13.6. The summed E-state index contributed by atoms with van der Waals surface area (Å²) in [6.07, 6.45) is 81.6. The van der Waals surface area contributed by atoms with Crippen LogP contribution in [0.25, 0.3) is 0 Å². The van der Waals surface area contributed by atoms with Crippen LogP contribution in [-0.2, 0) is 27.9 Å². The van der Waals surface area contributed by atoms with Crippen LogP contribution in [0, 0.1) is 0 Å². The lowest BCUT2D eigenvalue weighted by Gasteiger charge is -2.30. The summed E-state index contributed by atoms with van der Waals surface area (Å²) >= 11 is 0.